The number of benzene rings is 3. The van der Waals surface area contributed by atoms with Crippen LogP contribution in [-0.4, -0.2) is 13.1 Å². The van der Waals surface area contributed by atoms with E-state index >= 15 is 0 Å². The maximum absolute atomic E-state index is 12.8. The summed E-state index contributed by atoms with van der Waals surface area (Å²) in [4.78, 5) is 12.8. The Morgan fingerprint density at radius 3 is 2.38 bits per heavy atom. The zero-order valence-electron chi connectivity index (χ0n) is 19.8. The fraction of sp³-hybridized carbons (Fsp3) is 0.233. The summed E-state index contributed by atoms with van der Waals surface area (Å²) in [6.45, 7) is 4.20. The minimum atomic E-state index is -0.215. The van der Waals surface area contributed by atoms with Crippen molar-refractivity contribution in [2.75, 3.05) is 7.11 Å². The van der Waals surface area contributed by atoms with E-state index in [9.17, 15) is 4.79 Å². The number of methoxy groups -OCH3 is 1. The molecule has 4 heteroatoms. The summed E-state index contributed by atoms with van der Waals surface area (Å²) in [7, 11) is 1.68. The van der Waals surface area contributed by atoms with Crippen LogP contribution in [0.1, 0.15) is 49.3 Å². The molecule has 2 atom stereocenters. The van der Waals surface area contributed by atoms with Crippen molar-refractivity contribution < 1.29 is 14.3 Å². The number of rotatable bonds is 7. The monoisotopic (exact) mass is 516 g/mol. The van der Waals surface area contributed by atoms with E-state index < -0.39 is 0 Å². The summed E-state index contributed by atoms with van der Waals surface area (Å²) in [5.74, 6) is 1.44. The Morgan fingerprint density at radius 2 is 1.71 bits per heavy atom. The highest BCUT2D eigenvalue weighted by molar-refractivity contribution is 9.10. The van der Waals surface area contributed by atoms with Gasteiger partial charge >= 0.3 is 5.97 Å². The second-order valence-electron chi connectivity index (χ2n) is 8.53. The molecular weight excluding hydrogens is 488 g/mol. The molecule has 0 bridgehead atoms. The van der Waals surface area contributed by atoms with Gasteiger partial charge in [0.25, 0.3) is 0 Å². The molecule has 3 aromatic carbocycles. The third-order valence-corrected chi connectivity index (χ3v) is 6.64. The normalized spacial score (nSPS) is 18.9. The minimum Gasteiger partial charge on any atom is -0.497 e. The third kappa shape index (κ3) is 5.18. The standard InChI is InChI=1S/C30H29BrO3/c1-4-9-27(32)34-30(22-10-6-5-7-11-22)29-26(21-14-16-24(31)17-15-21)18-20(2)28(29)23-12-8-13-25(19-23)33-3/h5-8,10-20,28H,4,9H2,1-3H3/b30-29-/t20-,28-/m1/s1. The van der Waals surface area contributed by atoms with Crippen LogP contribution in [0.25, 0.3) is 11.3 Å². The summed E-state index contributed by atoms with van der Waals surface area (Å²) in [5.41, 5.74) is 5.24. The average Bonchev–Trinajstić information content (AvgIpc) is 3.20. The Morgan fingerprint density at radius 1 is 0.971 bits per heavy atom. The number of hydrogen-bond donors (Lipinski definition) is 0. The molecule has 34 heavy (non-hydrogen) atoms. The van der Waals surface area contributed by atoms with E-state index in [-0.39, 0.29) is 17.8 Å². The molecule has 0 unspecified atom stereocenters. The van der Waals surface area contributed by atoms with Crippen molar-refractivity contribution in [2.24, 2.45) is 5.92 Å². The molecule has 0 radical (unpaired) electrons. The van der Waals surface area contributed by atoms with E-state index in [0.29, 0.717) is 12.2 Å². The van der Waals surface area contributed by atoms with E-state index in [0.717, 1.165) is 44.5 Å². The van der Waals surface area contributed by atoms with Gasteiger partial charge in [-0.1, -0.05) is 90.5 Å². The van der Waals surface area contributed by atoms with Crippen LogP contribution in [0.3, 0.4) is 0 Å². The van der Waals surface area contributed by atoms with Gasteiger partial charge in [0.1, 0.15) is 11.5 Å². The molecule has 0 saturated heterocycles. The Kier molecular flexibility index (Phi) is 7.69. The van der Waals surface area contributed by atoms with Gasteiger partial charge in [-0.15, -0.1) is 0 Å². The van der Waals surface area contributed by atoms with Crippen molar-refractivity contribution in [3.05, 3.63) is 112 Å². The number of carbonyl (C=O) groups excluding carboxylic acids is 1. The van der Waals surface area contributed by atoms with Crippen LogP contribution >= 0.6 is 15.9 Å². The number of esters is 1. The summed E-state index contributed by atoms with van der Waals surface area (Å²) >= 11 is 3.55. The number of hydrogen-bond acceptors (Lipinski definition) is 3. The molecule has 1 aliphatic rings. The van der Waals surface area contributed by atoms with Crippen molar-refractivity contribution >= 4 is 33.2 Å². The van der Waals surface area contributed by atoms with Crippen molar-refractivity contribution in [2.45, 2.75) is 32.6 Å². The zero-order chi connectivity index (χ0) is 24.1. The van der Waals surface area contributed by atoms with Gasteiger partial charge in [-0.05, 0) is 53.3 Å². The van der Waals surface area contributed by atoms with Crippen molar-refractivity contribution in [3.63, 3.8) is 0 Å². The van der Waals surface area contributed by atoms with Crippen LogP contribution in [0.4, 0.5) is 0 Å². The van der Waals surface area contributed by atoms with E-state index in [2.05, 4.69) is 53.2 Å². The predicted molar refractivity (Wildman–Crippen MR) is 141 cm³/mol. The van der Waals surface area contributed by atoms with E-state index in [4.69, 9.17) is 9.47 Å². The van der Waals surface area contributed by atoms with Crippen LogP contribution in [0.2, 0.25) is 0 Å². The van der Waals surface area contributed by atoms with E-state index in [1.807, 2.05) is 61.5 Å². The van der Waals surface area contributed by atoms with Crippen molar-refractivity contribution in [3.8, 4) is 5.75 Å². The van der Waals surface area contributed by atoms with E-state index in [1.54, 1.807) is 7.11 Å². The summed E-state index contributed by atoms with van der Waals surface area (Å²) in [6, 6.07) is 26.4. The molecule has 1 aliphatic carbocycles. The first-order valence-corrected chi connectivity index (χ1v) is 12.4. The lowest BCUT2D eigenvalue weighted by atomic mass is 9.82. The maximum Gasteiger partial charge on any atom is 0.311 e. The largest absolute Gasteiger partial charge is 0.497 e. The molecule has 0 heterocycles. The molecule has 4 rings (SSSR count). The van der Waals surface area contributed by atoms with Crippen molar-refractivity contribution in [1.82, 2.24) is 0 Å². The summed E-state index contributed by atoms with van der Waals surface area (Å²) < 4.78 is 12.7. The van der Waals surface area contributed by atoms with Gasteiger partial charge in [0.05, 0.1) is 7.11 Å². The van der Waals surface area contributed by atoms with E-state index in [1.165, 1.54) is 0 Å². The maximum atomic E-state index is 12.8. The molecule has 0 spiro atoms. The number of allylic oxidation sites excluding steroid dienone is 3. The molecule has 3 nitrogen and oxygen atoms in total. The molecule has 3 aromatic rings. The first kappa shape index (κ1) is 24.0. The van der Waals surface area contributed by atoms with Crippen LogP contribution in [0.15, 0.2) is 95.0 Å². The average molecular weight is 517 g/mol. The zero-order valence-corrected chi connectivity index (χ0v) is 21.3. The highest BCUT2D eigenvalue weighted by atomic mass is 79.9. The van der Waals surface area contributed by atoms with Gasteiger partial charge in [0.2, 0.25) is 0 Å². The Balaban J connectivity index is 1.96. The highest BCUT2D eigenvalue weighted by Gasteiger charge is 2.36. The second kappa shape index (κ2) is 10.9. The van der Waals surface area contributed by atoms with Crippen LogP contribution < -0.4 is 4.74 Å². The number of halogens is 1. The third-order valence-electron chi connectivity index (χ3n) is 6.12. The van der Waals surface area contributed by atoms with Gasteiger partial charge in [-0.3, -0.25) is 4.79 Å². The fourth-order valence-corrected chi connectivity index (χ4v) is 4.82. The molecule has 0 amide bonds. The fourth-order valence-electron chi connectivity index (χ4n) is 4.56. The lowest BCUT2D eigenvalue weighted by Gasteiger charge is -2.24. The lowest BCUT2D eigenvalue weighted by molar-refractivity contribution is -0.136. The first-order valence-electron chi connectivity index (χ1n) is 11.6. The Hall–Kier alpha value is -3.11. The quantitative estimate of drug-likeness (QED) is 0.235. The van der Waals surface area contributed by atoms with Gasteiger partial charge in [-0.2, -0.15) is 0 Å². The second-order valence-corrected chi connectivity index (χ2v) is 9.45. The molecule has 0 saturated carbocycles. The van der Waals surface area contributed by atoms with Crippen molar-refractivity contribution in [1.29, 1.82) is 0 Å². The molecule has 0 fully saturated rings. The van der Waals surface area contributed by atoms with Crippen LogP contribution in [-0.2, 0) is 9.53 Å². The smallest absolute Gasteiger partial charge is 0.311 e. The Labute approximate surface area is 210 Å². The number of ether oxygens (including phenoxy) is 2. The van der Waals surface area contributed by atoms with Gasteiger partial charge in [0, 0.05) is 27.9 Å². The van der Waals surface area contributed by atoms with Crippen LogP contribution in [0, 0.1) is 5.92 Å². The van der Waals surface area contributed by atoms with Gasteiger partial charge < -0.3 is 9.47 Å². The molecule has 174 valence electrons. The molecular formula is C30H29BrO3. The van der Waals surface area contributed by atoms with Gasteiger partial charge in [-0.25, -0.2) is 0 Å². The number of carbonyl (C=O) groups is 1. The Bertz CT molecular complexity index is 1210. The highest BCUT2D eigenvalue weighted by Crippen LogP contribution is 2.50. The first-order chi connectivity index (χ1) is 16.5. The SMILES string of the molecule is CCCC(=O)O/C(=C1/C(c2ccc(Br)cc2)=C[C@@H](C)[C@@H]1c1cccc(OC)c1)c1ccccc1. The minimum absolute atomic E-state index is 0.0124. The summed E-state index contributed by atoms with van der Waals surface area (Å²) in [5, 5.41) is 0. The molecule has 0 N–H and O–H groups in total. The molecule has 0 aliphatic heterocycles. The van der Waals surface area contributed by atoms with Crippen LogP contribution in [0.5, 0.6) is 5.75 Å². The lowest BCUT2D eigenvalue weighted by Crippen LogP contribution is -2.12. The van der Waals surface area contributed by atoms with Gasteiger partial charge in [0.15, 0.2) is 0 Å². The topological polar surface area (TPSA) is 35.5 Å². The summed E-state index contributed by atoms with van der Waals surface area (Å²) in [6.07, 6.45) is 3.40. The predicted octanol–water partition coefficient (Wildman–Crippen LogP) is 8.03. The molecule has 0 aromatic heterocycles.